The second kappa shape index (κ2) is 5.64. The molecular weight excluding hydrogens is 252 g/mol. The molecular formula is C15H20N4O. The summed E-state index contributed by atoms with van der Waals surface area (Å²) in [6.07, 6.45) is 2.90. The van der Waals surface area contributed by atoms with Gasteiger partial charge in [0.2, 0.25) is 0 Å². The summed E-state index contributed by atoms with van der Waals surface area (Å²) < 4.78 is 7.36. The van der Waals surface area contributed by atoms with Gasteiger partial charge in [-0.25, -0.2) is 4.68 Å². The van der Waals surface area contributed by atoms with E-state index in [0.29, 0.717) is 6.04 Å². The fraction of sp³-hybridized carbons (Fsp3) is 0.400. The number of aromatic nitrogens is 2. The summed E-state index contributed by atoms with van der Waals surface area (Å²) in [5.74, 6) is 0.829. The number of nitrogens with two attached hydrogens (primary N) is 1. The first-order valence-electron chi connectivity index (χ1n) is 6.92. The maximum absolute atomic E-state index is 5.96. The van der Waals surface area contributed by atoms with Crippen molar-refractivity contribution in [1.29, 1.82) is 0 Å². The van der Waals surface area contributed by atoms with E-state index in [0.717, 1.165) is 43.2 Å². The summed E-state index contributed by atoms with van der Waals surface area (Å²) in [5, 5.41) is 4.43. The lowest BCUT2D eigenvalue weighted by molar-refractivity contribution is 0.319. The van der Waals surface area contributed by atoms with E-state index >= 15 is 0 Å². The Morgan fingerprint density at radius 3 is 2.95 bits per heavy atom. The molecule has 0 bridgehead atoms. The Morgan fingerprint density at radius 2 is 2.20 bits per heavy atom. The second-order valence-electron chi connectivity index (χ2n) is 5.19. The third kappa shape index (κ3) is 2.55. The van der Waals surface area contributed by atoms with Crippen molar-refractivity contribution in [2.45, 2.75) is 19.0 Å². The van der Waals surface area contributed by atoms with Crippen LogP contribution in [0, 0.1) is 0 Å². The minimum absolute atomic E-state index is 0.303. The van der Waals surface area contributed by atoms with E-state index in [-0.39, 0.29) is 0 Å². The molecule has 5 nitrogen and oxygen atoms in total. The Hall–Kier alpha value is -1.85. The Balaban J connectivity index is 1.86. The van der Waals surface area contributed by atoms with Gasteiger partial charge >= 0.3 is 0 Å². The van der Waals surface area contributed by atoms with E-state index in [1.165, 1.54) is 0 Å². The summed E-state index contributed by atoms with van der Waals surface area (Å²) in [6.45, 7) is 2.88. The molecule has 1 aromatic carbocycles. The number of benzene rings is 1. The molecule has 2 aromatic rings. The van der Waals surface area contributed by atoms with Crippen molar-refractivity contribution in [3.05, 3.63) is 42.2 Å². The van der Waals surface area contributed by atoms with E-state index in [9.17, 15) is 0 Å². The highest BCUT2D eigenvalue weighted by Gasteiger charge is 2.20. The lowest BCUT2D eigenvalue weighted by Gasteiger charge is -2.17. The van der Waals surface area contributed by atoms with Crippen molar-refractivity contribution in [2.75, 3.05) is 20.2 Å². The SMILES string of the molecule is COc1ccccc1-n1nccc1CN1CC[C@H](N)C1. The summed E-state index contributed by atoms with van der Waals surface area (Å²) in [6, 6.07) is 10.3. The topological polar surface area (TPSA) is 56.3 Å². The molecule has 1 atom stereocenters. The standard InChI is InChI=1S/C15H20N4O/c1-20-15-5-3-2-4-14(15)19-13(6-8-17-19)11-18-9-7-12(16)10-18/h2-6,8,12H,7,9-11,16H2,1H3/t12-/m0/s1. The molecule has 0 unspecified atom stereocenters. The molecule has 106 valence electrons. The van der Waals surface area contributed by atoms with Gasteiger partial charge in [0, 0.05) is 31.9 Å². The molecule has 1 aliphatic rings. The Morgan fingerprint density at radius 1 is 1.35 bits per heavy atom. The molecule has 0 amide bonds. The van der Waals surface area contributed by atoms with Crippen molar-refractivity contribution in [3.8, 4) is 11.4 Å². The van der Waals surface area contributed by atoms with E-state index in [2.05, 4.69) is 16.1 Å². The molecule has 20 heavy (non-hydrogen) atoms. The molecule has 1 fully saturated rings. The van der Waals surface area contributed by atoms with Crippen LogP contribution < -0.4 is 10.5 Å². The highest BCUT2D eigenvalue weighted by molar-refractivity contribution is 5.46. The van der Waals surface area contributed by atoms with Crippen LogP contribution in [-0.2, 0) is 6.54 Å². The average Bonchev–Trinajstić information content (AvgIpc) is 3.08. The van der Waals surface area contributed by atoms with E-state index < -0.39 is 0 Å². The monoisotopic (exact) mass is 272 g/mol. The van der Waals surface area contributed by atoms with Gasteiger partial charge in [0.05, 0.1) is 12.8 Å². The highest BCUT2D eigenvalue weighted by Crippen LogP contribution is 2.23. The zero-order valence-electron chi connectivity index (χ0n) is 11.7. The first-order valence-corrected chi connectivity index (χ1v) is 6.92. The minimum Gasteiger partial charge on any atom is -0.494 e. The molecule has 2 N–H and O–H groups in total. The van der Waals surface area contributed by atoms with Gasteiger partial charge in [-0.1, -0.05) is 12.1 Å². The molecule has 1 saturated heterocycles. The van der Waals surface area contributed by atoms with Crippen LogP contribution in [0.2, 0.25) is 0 Å². The smallest absolute Gasteiger partial charge is 0.144 e. The van der Waals surface area contributed by atoms with E-state index in [1.54, 1.807) is 7.11 Å². The second-order valence-corrected chi connectivity index (χ2v) is 5.19. The average molecular weight is 272 g/mol. The van der Waals surface area contributed by atoms with Crippen molar-refractivity contribution >= 4 is 0 Å². The van der Waals surface area contributed by atoms with Gasteiger partial charge in [-0.15, -0.1) is 0 Å². The lowest BCUT2D eigenvalue weighted by Crippen LogP contribution is -2.27. The number of hydrogen-bond donors (Lipinski definition) is 1. The molecule has 0 saturated carbocycles. The van der Waals surface area contributed by atoms with Crippen LogP contribution in [0.4, 0.5) is 0 Å². The molecule has 3 rings (SSSR count). The minimum atomic E-state index is 0.303. The number of likely N-dealkylation sites (tertiary alicyclic amines) is 1. The molecule has 0 radical (unpaired) electrons. The lowest BCUT2D eigenvalue weighted by atomic mass is 10.3. The van der Waals surface area contributed by atoms with Crippen molar-refractivity contribution in [1.82, 2.24) is 14.7 Å². The van der Waals surface area contributed by atoms with Crippen LogP contribution in [0.5, 0.6) is 5.75 Å². The predicted molar refractivity (Wildman–Crippen MR) is 78.0 cm³/mol. The quantitative estimate of drug-likeness (QED) is 0.914. The maximum Gasteiger partial charge on any atom is 0.144 e. The van der Waals surface area contributed by atoms with Crippen molar-refractivity contribution in [2.24, 2.45) is 5.73 Å². The first-order chi connectivity index (χ1) is 9.78. The van der Waals surface area contributed by atoms with E-state index in [1.807, 2.05) is 35.1 Å². The first kappa shape index (κ1) is 13.1. The van der Waals surface area contributed by atoms with E-state index in [4.69, 9.17) is 10.5 Å². The van der Waals surface area contributed by atoms with Crippen LogP contribution in [-0.4, -0.2) is 40.9 Å². The molecule has 1 aliphatic heterocycles. The summed E-state index contributed by atoms with van der Waals surface area (Å²) in [5.41, 5.74) is 8.09. The number of hydrogen-bond acceptors (Lipinski definition) is 4. The van der Waals surface area contributed by atoms with Gasteiger partial charge in [-0.05, 0) is 24.6 Å². The van der Waals surface area contributed by atoms with Gasteiger partial charge in [0.25, 0.3) is 0 Å². The number of para-hydroxylation sites is 2. The third-order valence-corrected chi connectivity index (χ3v) is 3.73. The zero-order chi connectivity index (χ0) is 13.9. The number of rotatable bonds is 4. The van der Waals surface area contributed by atoms with Crippen LogP contribution in [0.3, 0.4) is 0 Å². The third-order valence-electron chi connectivity index (χ3n) is 3.73. The number of ether oxygens (including phenoxy) is 1. The van der Waals surface area contributed by atoms with Crippen LogP contribution >= 0.6 is 0 Å². The molecule has 0 spiro atoms. The van der Waals surface area contributed by atoms with Gasteiger partial charge < -0.3 is 10.5 Å². The summed E-state index contributed by atoms with van der Waals surface area (Å²) in [7, 11) is 1.68. The highest BCUT2D eigenvalue weighted by atomic mass is 16.5. The summed E-state index contributed by atoms with van der Waals surface area (Å²) in [4.78, 5) is 2.37. The molecule has 0 aliphatic carbocycles. The van der Waals surface area contributed by atoms with Crippen molar-refractivity contribution in [3.63, 3.8) is 0 Å². The number of methoxy groups -OCH3 is 1. The van der Waals surface area contributed by atoms with Gasteiger partial charge in [-0.2, -0.15) is 5.10 Å². The van der Waals surface area contributed by atoms with Gasteiger partial charge in [0.15, 0.2) is 0 Å². The fourth-order valence-electron chi connectivity index (χ4n) is 2.71. The zero-order valence-corrected chi connectivity index (χ0v) is 11.7. The molecule has 5 heteroatoms. The summed E-state index contributed by atoms with van der Waals surface area (Å²) >= 11 is 0. The van der Waals surface area contributed by atoms with Crippen molar-refractivity contribution < 1.29 is 4.74 Å². The van der Waals surface area contributed by atoms with Gasteiger partial charge in [-0.3, -0.25) is 4.90 Å². The Bertz CT molecular complexity index is 581. The van der Waals surface area contributed by atoms with Crippen LogP contribution in [0.25, 0.3) is 5.69 Å². The largest absolute Gasteiger partial charge is 0.494 e. The normalized spacial score (nSPS) is 19.4. The fourth-order valence-corrected chi connectivity index (χ4v) is 2.71. The number of nitrogens with zero attached hydrogens (tertiary/aromatic N) is 3. The molecule has 2 heterocycles. The Labute approximate surface area is 118 Å². The van der Waals surface area contributed by atoms with Crippen LogP contribution in [0.1, 0.15) is 12.1 Å². The maximum atomic E-state index is 5.96. The van der Waals surface area contributed by atoms with Gasteiger partial charge in [0.1, 0.15) is 11.4 Å². The Kier molecular flexibility index (Phi) is 3.71. The predicted octanol–water partition coefficient (Wildman–Crippen LogP) is 1.41. The van der Waals surface area contributed by atoms with Crippen LogP contribution in [0.15, 0.2) is 36.5 Å². The molecule has 1 aromatic heterocycles.